The number of ether oxygens (including phenoxy) is 1. The van der Waals surface area contributed by atoms with Gasteiger partial charge in [0.05, 0.1) is 6.61 Å². The third-order valence-corrected chi connectivity index (χ3v) is 2.82. The molecule has 1 aromatic rings. The molecule has 0 atom stereocenters. The van der Waals surface area contributed by atoms with Gasteiger partial charge in [0.25, 0.3) is 0 Å². The van der Waals surface area contributed by atoms with Crippen LogP contribution in [0.25, 0.3) is 0 Å². The SMILES string of the molecule is CCCCCCOc1ccc(I)cc1F. The van der Waals surface area contributed by atoms with Crippen LogP contribution >= 0.6 is 22.6 Å². The summed E-state index contributed by atoms with van der Waals surface area (Å²) in [6.45, 7) is 2.77. The molecular formula is C12H16FIO. The largest absolute Gasteiger partial charge is 0.491 e. The molecule has 0 saturated heterocycles. The molecule has 0 heterocycles. The average Bonchev–Trinajstić information content (AvgIpc) is 2.20. The summed E-state index contributed by atoms with van der Waals surface area (Å²) in [4.78, 5) is 0. The highest BCUT2D eigenvalue weighted by atomic mass is 127. The summed E-state index contributed by atoms with van der Waals surface area (Å²) in [5.41, 5.74) is 0. The van der Waals surface area contributed by atoms with Gasteiger partial charge in [-0.1, -0.05) is 26.2 Å². The van der Waals surface area contributed by atoms with E-state index >= 15 is 0 Å². The van der Waals surface area contributed by atoms with Crippen molar-refractivity contribution in [2.24, 2.45) is 0 Å². The maximum atomic E-state index is 13.3. The van der Waals surface area contributed by atoms with E-state index in [-0.39, 0.29) is 5.82 Å². The molecule has 0 aromatic heterocycles. The highest BCUT2D eigenvalue weighted by Crippen LogP contribution is 2.19. The highest BCUT2D eigenvalue weighted by Gasteiger charge is 2.02. The Labute approximate surface area is 104 Å². The standard InChI is InChI=1S/C12H16FIO/c1-2-3-4-5-8-15-12-7-6-10(14)9-11(12)13/h6-7,9H,2-5,8H2,1H3. The Morgan fingerprint density at radius 1 is 1.27 bits per heavy atom. The lowest BCUT2D eigenvalue weighted by Crippen LogP contribution is -1.99. The van der Waals surface area contributed by atoms with Crippen LogP contribution in [-0.4, -0.2) is 6.61 Å². The molecule has 1 rings (SSSR count). The van der Waals surface area contributed by atoms with Gasteiger partial charge < -0.3 is 4.74 Å². The normalized spacial score (nSPS) is 10.3. The molecule has 0 spiro atoms. The molecule has 0 bridgehead atoms. The summed E-state index contributed by atoms with van der Waals surface area (Å²) in [6.07, 6.45) is 4.58. The molecule has 0 N–H and O–H groups in total. The van der Waals surface area contributed by atoms with E-state index in [9.17, 15) is 4.39 Å². The van der Waals surface area contributed by atoms with Crippen LogP contribution in [0.15, 0.2) is 18.2 Å². The second-order valence-corrected chi connectivity index (χ2v) is 4.73. The number of rotatable bonds is 6. The lowest BCUT2D eigenvalue weighted by molar-refractivity contribution is 0.290. The minimum absolute atomic E-state index is 0.266. The highest BCUT2D eigenvalue weighted by molar-refractivity contribution is 14.1. The van der Waals surface area contributed by atoms with Crippen molar-refractivity contribution in [3.05, 3.63) is 27.6 Å². The van der Waals surface area contributed by atoms with Crippen molar-refractivity contribution in [3.8, 4) is 5.75 Å². The van der Waals surface area contributed by atoms with Gasteiger partial charge in [-0.15, -0.1) is 0 Å². The van der Waals surface area contributed by atoms with Gasteiger partial charge in [0.2, 0.25) is 0 Å². The van der Waals surface area contributed by atoms with Gasteiger partial charge in [0.15, 0.2) is 11.6 Å². The van der Waals surface area contributed by atoms with Crippen LogP contribution in [0.4, 0.5) is 4.39 Å². The van der Waals surface area contributed by atoms with Crippen molar-refractivity contribution in [1.82, 2.24) is 0 Å². The first-order valence-electron chi connectivity index (χ1n) is 5.32. The van der Waals surface area contributed by atoms with Gasteiger partial charge in [-0.25, -0.2) is 4.39 Å². The Morgan fingerprint density at radius 3 is 2.73 bits per heavy atom. The topological polar surface area (TPSA) is 9.23 Å². The Bertz CT molecular complexity index is 302. The average molecular weight is 322 g/mol. The summed E-state index contributed by atoms with van der Waals surface area (Å²) in [6, 6.07) is 5.03. The van der Waals surface area contributed by atoms with Crippen LogP contribution in [0.1, 0.15) is 32.6 Å². The van der Waals surface area contributed by atoms with Crippen molar-refractivity contribution >= 4 is 22.6 Å². The number of benzene rings is 1. The second-order valence-electron chi connectivity index (χ2n) is 3.48. The Morgan fingerprint density at radius 2 is 2.07 bits per heavy atom. The Balaban J connectivity index is 2.31. The lowest BCUT2D eigenvalue weighted by atomic mass is 10.2. The summed E-state index contributed by atoms with van der Waals surface area (Å²) >= 11 is 2.08. The van der Waals surface area contributed by atoms with E-state index in [0.29, 0.717) is 12.4 Å². The first-order chi connectivity index (χ1) is 7.24. The maximum absolute atomic E-state index is 13.3. The zero-order valence-electron chi connectivity index (χ0n) is 8.93. The van der Waals surface area contributed by atoms with E-state index in [4.69, 9.17) is 4.74 Å². The van der Waals surface area contributed by atoms with Crippen molar-refractivity contribution in [2.75, 3.05) is 6.61 Å². The molecule has 0 saturated carbocycles. The maximum Gasteiger partial charge on any atom is 0.166 e. The molecule has 0 aliphatic carbocycles. The molecule has 0 radical (unpaired) electrons. The zero-order chi connectivity index (χ0) is 11.1. The van der Waals surface area contributed by atoms with Crippen LogP contribution in [0.5, 0.6) is 5.75 Å². The number of hydrogen-bond acceptors (Lipinski definition) is 1. The van der Waals surface area contributed by atoms with Gasteiger partial charge in [-0.05, 0) is 47.2 Å². The lowest BCUT2D eigenvalue weighted by Gasteiger charge is -2.06. The van der Waals surface area contributed by atoms with Crippen LogP contribution in [0.3, 0.4) is 0 Å². The first-order valence-corrected chi connectivity index (χ1v) is 6.39. The quantitative estimate of drug-likeness (QED) is 0.557. The molecule has 0 fully saturated rings. The van der Waals surface area contributed by atoms with Gasteiger partial charge in [-0.3, -0.25) is 0 Å². The van der Waals surface area contributed by atoms with Gasteiger partial charge >= 0.3 is 0 Å². The molecule has 1 aromatic carbocycles. The molecular weight excluding hydrogens is 306 g/mol. The summed E-state index contributed by atoms with van der Waals surface area (Å²) in [5, 5.41) is 0. The predicted octanol–water partition coefficient (Wildman–Crippen LogP) is 4.39. The van der Waals surface area contributed by atoms with Gasteiger partial charge in [0.1, 0.15) is 0 Å². The van der Waals surface area contributed by atoms with Crippen LogP contribution in [-0.2, 0) is 0 Å². The molecule has 0 aliphatic heterocycles. The fourth-order valence-corrected chi connectivity index (χ4v) is 1.76. The second kappa shape index (κ2) is 7.04. The van der Waals surface area contributed by atoms with Crippen LogP contribution < -0.4 is 4.74 Å². The Hall–Kier alpha value is -0.320. The fraction of sp³-hybridized carbons (Fsp3) is 0.500. The molecule has 84 valence electrons. The molecule has 0 amide bonds. The minimum atomic E-state index is -0.266. The zero-order valence-corrected chi connectivity index (χ0v) is 11.1. The molecule has 0 aliphatic rings. The number of unbranched alkanes of at least 4 members (excludes halogenated alkanes) is 3. The molecule has 15 heavy (non-hydrogen) atoms. The van der Waals surface area contributed by atoms with Crippen molar-refractivity contribution in [2.45, 2.75) is 32.6 Å². The Kier molecular flexibility index (Phi) is 5.98. The third-order valence-electron chi connectivity index (χ3n) is 2.15. The predicted molar refractivity (Wildman–Crippen MR) is 68.8 cm³/mol. The van der Waals surface area contributed by atoms with E-state index < -0.39 is 0 Å². The van der Waals surface area contributed by atoms with Crippen molar-refractivity contribution in [3.63, 3.8) is 0 Å². The van der Waals surface area contributed by atoms with Crippen LogP contribution in [0.2, 0.25) is 0 Å². The monoisotopic (exact) mass is 322 g/mol. The number of hydrogen-bond donors (Lipinski definition) is 0. The van der Waals surface area contributed by atoms with E-state index in [2.05, 4.69) is 29.5 Å². The smallest absolute Gasteiger partial charge is 0.166 e. The van der Waals surface area contributed by atoms with Crippen molar-refractivity contribution in [1.29, 1.82) is 0 Å². The van der Waals surface area contributed by atoms with Crippen molar-refractivity contribution < 1.29 is 9.13 Å². The van der Waals surface area contributed by atoms with Gasteiger partial charge in [0, 0.05) is 3.57 Å². The third kappa shape index (κ3) is 4.82. The summed E-state index contributed by atoms with van der Waals surface area (Å²) < 4.78 is 19.5. The summed E-state index contributed by atoms with van der Waals surface area (Å²) in [5.74, 6) is 0.101. The minimum Gasteiger partial charge on any atom is -0.491 e. The fourth-order valence-electron chi connectivity index (χ4n) is 1.30. The molecule has 1 nitrogen and oxygen atoms in total. The first kappa shape index (κ1) is 12.7. The summed E-state index contributed by atoms with van der Waals surface area (Å²) in [7, 11) is 0. The van der Waals surface area contributed by atoms with Gasteiger partial charge in [-0.2, -0.15) is 0 Å². The van der Waals surface area contributed by atoms with E-state index in [0.717, 1.165) is 16.4 Å². The molecule has 0 unspecified atom stereocenters. The van der Waals surface area contributed by atoms with E-state index in [1.165, 1.54) is 18.9 Å². The number of halogens is 2. The molecule has 3 heteroatoms. The van der Waals surface area contributed by atoms with Crippen LogP contribution in [0, 0.1) is 9.39 Å². The van der Waals surface area contributed by atoms with E-state index in [1.807, 2.05) is 6.07 Å². The van der Waals surface area contributed by atoms with E-state index in [1.54, 1.807) is 6.07 Å².